The molecule has 0 saturated carbocycles. The monoisotopic (exact) mass is 285 g/mol. The molecule has 5 heteroatoms. The molecular weight excluding hydrogens is 261 g/mol. The van der Waals surface area contributed by atoms with Crippen LogP contribution in [0.5, 0.6) is 0 Å². The van der Waals surface area contributed by atoms with Crippen LogP contribution in [0.3, 0.4) is 0 Å². The zero-order valence-corrected chi connectivity index (χ0v) is 12.7. The molecule has 0 fully saturated rings. The molecule has 0 amide bonds. The second kappa shape index (κ2) is 6.19. The second-order valence-corrected chi connectivity index (χ2v) is 7.32. The zero-order chi connectivity index (χ0) is 14.7. The quantitative estimate of drug-likeness (QED) is 0.700. The van der Waals surface area contributed by atoms with Crippen LogP contribution in [-0.2, 0) is 11.0 Å². The van der Waals surface area contributed by atoms with E-state index in [1.165, 1.54) is 12.1 Å². The maximum Gasteiger partial charge on any atom is 0.356 e. The minimum absolute atomic E-state index is 0.0661. The summed E-state index contributed by atoms with van der Waals surface area (Å²) in [5, 5.41) is 0.0702. The van der Waals surface area contributed by atoms with Gasteiger partial charge in [-0.2, -0.15) is 0 Å². The van der Waals surface area contributed by atoms with E-state index in [0.29, 0.717) is 0 Å². The smallest absolute Gasteiger partial charge is 0.327 e. The average molecular weight is 285 g/mol. The molecule has 4 N–H and O–H groups in total. The normalized spacial score (nSPS) is 14.4. The van der Waals surface area contributed by atoms with Gasteiger partial charge in [-0.1, -0.05) is 32.9 Å². The first-order valence-electron chi connectivity index (χ1n) is 6.57. The topological polar surface area (TPSA) is 83.6 Å². The summed E-state index contributed by atoms with van der Waals surface area (Å²) in [6.45, 7) is 6.40. The van der Waals surface area contributed by atoms with E-state index in [0.717, 1.165) is 24.8 Å². The van der Waals surface area contributed by atoms with E-state index in [2.05, 4.69) is 20.8 Å². The van der Waals surface area contributed by atoms with Gasteiger partial charge in [0.05, 0.1) is 5.30 Å². The maximum atomic E-state index is 11.1. The second-order valence-electron chi connectivity index (χ2n) is 5.71. The Hall–Kier alpha value is -0.670. The molecule has 0 saturated heterocycles. The molecule has 0 bridgehead atoms. The van der Waals surface area contributed by atoms with Crippen molar-refractivity contribution < 1.29 is 14.4 Å². The Bertz CT molecular complexity index is 450. The lowest BCUT2D eigenvalue weighted by Crippen LogP contribution is -2.37. The molecule has 1 rings (SSSR count). The highest BCUT2D eigenvalue weighted by molar-refractivity contribution is 7.60. The largest absolute Gasteiger partial charge is 0.356 e. The molecule has 19 heavy (non-hydrogen) atoms. The molecule has 1 aromatic rings. The fourth-order valence-electron chi connectivity index (χ4n) is 2.06. The predicted molar refractivity (Wildman–Crippen MR) is 78.5 cm³/mol. The summed E-state index contributed by atoms with van der Waals surface area (Å²) in [5.41, 5.74) is 7.24. The van der Waals surface area contributed by atoms with Crippen LogP contribution in [-0.4, -0.2) is 15.8 Å². The van der Waals surface area contributed by atoms with Gasteiger partial charge in [-0.15, -0.1) is 0 Å². The van der Waals surface area contributed by atoms with Gasteiger partial charge in [0.2, 0.25) is 0 Å². The van der Waals surface area contributed by atoms with Gasteiger partial charge in [-0.05, 0) is 42.4 Å². The van der Waals surface area contributed by atoms with E-state index in [1.54, 1.807) is 12.1 Å². The molecule has 1 atom stereocenters. The SMILES string of the molecule is CC[C@@H](N)C(C)(C)CCc1ccc(P(=O)(O)O)cc1. The molecule has 0 aliphatic carbocycles. The number of benzene rings is 1. The van der Waals surface area contributed by atoms with Crippen molar-refractivity contribution in [2.45, 2.75) is 46.1 Å². The Morgan fingerprint density at radius 1 is 1.26 bits per heavy atom. The molecule has 1 aromatic carbocycles. The van der Waals surface area contributed by atoms with Crippen LogP contribution in [0.15, 0.2) is 24.3 Å². The lowest BCUT2D eigenvalue weighted by molar-refractivity contribution is 0.257. The van der Waals surface area contributed by atoms with Crippen molar-refractivity contribution in [3.05, 3.63) is 29.8 Å². The van der Waals surface area contributed by atoms with Gasteiger partial charge in [0.15, 0.2) is 0 Å². The lowest BCUT2D eigenvalue weighted by Gasteiger charge is -2.31. The number of rotatable bonds is 6. The van der Waals surface area contributed by atoms with Crippen LogP contribution in [0, 0.1) is 5.41 Å². The summed E-state index contributed by atoms with van der Waals surface area (Å²) >= 11 is 0. The number of hydrogen-bond donors (Lipinski definition) is 3. The van der Waals surface area contributed by atoms with Crippen LogP contribution < -0.4 is 11.0 Å². The van der Waals surface area contributed by atoms with Gasteiger partial charge in [0.25, 0.3) is 0 Å². The molecule has 0 aromatic heterocycles. The third-order valence-corrected chi connectivity index (χ3v) is 4.75. The van der Waals surface area contributed by atoms with Gasteiger partial charge in [0.1, 0.15) is 0 Å². The van der Waals surface area contributed by atoms with Gasteiger partial charge >= 0.3 is 7.60 Å². The minimum Gasteiger partial charge on any atom is -0.327 e. The van der Waals surface area contributed by atoms with Crippen molar-refractivity contribution in [3.63, 3.8) is 0 Å². The first kappa shape index (κ1) is 16.4. The van der Waals surface area contributed by atoms with Gasteiger partial charge in [-0.3, -0.25) is 4.57 Å². The Morgan fingerprint density at radius 3 is 2.21 bits per heavy atom. The zero-order valence-electron chi connectivity index (χ0n) is 11.8. The molecule has 0 unspecified atom stereocenters. The molecule has 0 heterocycles. The van der Waals surface area contributed by atoms with Gasteiger partial charge in [-0.25, -0.2) is 0 Å². The van der Waals surface area contributed by atoms with E-state index >= 15 is 0 Å². The van der Waals surface area contributed by atoms with E-state index in [1.807, 2.05) is 0 Å². The predicted octanol–water partition coefficient (Wildman–Crippen LogP) is 2.19. The summed E-state index contributed by atoms with van der Waals surface area (Å²) in [4.78, 5) is 18.1. The highest BCUT2D eigenvalue weighted by Crippen LogP contribution is 2.33. The van der Waals surface area contributed by atoms with Crippen molar-refractivity contribution >= 4 is 12.9 Å². The van der Waals surface area contributed by atoms with E-state index < -0.39 is 7.60 Å². The van der Waals surface area contributed by atoms with E-state index in [-0.39, 0.29) is 16.8 Å². The lowest BCUT2D eigenvalue weighted by atomic mass is 9.78. The molecule has 0 radical (unpaired) electrons. The first-order valence-corrected chi connectivity index (χ1v) is 8.18. The van der Waals surface area contributed by atoms with Gasteiger partial charge < -0.3 is 15.5 Å². The Balaban J connectivity index is 2.67. The minimum atomic E-state index is -4.13. The average Bonchev–Trinajstić information content (AvgIpc) is 2.35. The van der Waals surface area contributed by atoms with Gasteiger partial charge in [0, 0.05) is 6.04 Å². The fraction of sp³-hybridized carbons (Fsp3) is 0.571. The molecule has 0 aliphatic rings. The van der Waals surface area contributed by atoms with Crippen molar-refractivity contribution in [1.82, 2.24) is 0 Å². The van der Waals surface area contributed by atoms with Crippen molar-refractivity contribution in [2.75, 3.05) is 0 Å². The molecule has 4 nitrogen and oxygen atoms in total. The standard InChI is InChI=1S/C14H24NO3P/c1-4-13(15)14(2,3)10-9-11-5-7-12(8-6-11)19(16,17)18/h5-8,13H,4,9-10,15H2,1-3H3,(H2,16,17,18)/t13-/m1/s1. The summed E-state index contributed by atoms with van der Waals surface area (Å²) in [5.74, 6) is 0. The van der Waals surface area contributed by atoms with Crippen LogP contribution in [0.25, 0.3) is 0 Å². The number of nitrogens with two attached hydrogens (primary N) is 1. The number of hydrogen-bond acceptors (Lipinski definition) is 2. The highest BCUT2D eigenvalue weighted by atomic mass is 31.2. The van der Waals surface area contributed by atoms with Crippen LogP contribution >= 0.6 is 7.60 Å². The van der Waals surface area contributed by atoms with Crippen molar-refractivity contribution in [3.8, 4) is 0 Å². The van der Waals surface area contributed by atoms with E-state index in [9.17, 15) is 4.57 Å². The van der Waals surface area contributed by atoms with E-state index in [4.69, 9.17) is 15.5 Å². The van der Waals surface area contributed by atoms with Crippen LogP contribution in [0.4, 0.5) is 0 Å². The molecule has 0 aliphatic heterocycles. The molecular formula is C14H24NO3P. The Kier molecular flexibility index (Phi) is 5.34. The van der Waals surface area contributed by atoms with Crippen molar-refractivity contribution in [1.29, 1.82) is 0 Å². The maximum absolute atomic E-state index is 11.1. The first-order chi connectivity index (χ1) is 8.66. The summed E-state index contributed by atoms with van der Waals surface area (Å²) in [6, 6.07) is 6.73. The summed E-state index contributed by atoms with van der Waals surface area (Å²) in [6.07, 6.45) is 2.77. The Labute approximate surface area is 115 Å². The Morgan fingerprint density at radius 2 is 1.79 bits per heavy atom. The fourth-order valence-corrected chi connectivity index (χ4v) is 2.60. The molecule has 0 spiro atoms. The van der Waals surface area contributed by atoms with Crippen LogP contribution in [0.1, 0.15) is 39.2 Å². The summed E-state index contributed by atoms with van der Waals surface area (Å²) in [7, 11) is -4.13. The van der Waals surface area contributed by atoms with Crippen molar-refractivity contribution in [2.24, 2.45) is 11.1 Å². The third kappa shape index (κ3) is 4.73. The number of aryl methyl sites for hydroxylation is 1. The summed E-state index contributed by atoms with van der Waals surface area (Å²) < 4.78 is 11.1. The molecule has 108 valence electrons. The third-order valence-electron chi connectivity index (χ3n) is 3.77. The van der Waals surface area contributed by atoms with Crippen LogP contribution in [0.2, 0.25) is 0 Å². The highest BCUT2D eigenvalue weighted by Gasteiger charge is 2.24.